The molecule has 2 amide bonds. The molecule has 2 N–H and O–H groups in total. The number of benzene rings is 3. The molecule has 7 heteroatoms. The molecule has 7 nitrogen and oxygen atoms in total. The van der Waals surface area contributed by atoms with Crippen molar-refractivity contribution in [3.05, 3.63) is 95.6 Å². The monoisotopic (exact) mass is 431 g/mol. The smallest absolute Gasteiger partial charge is 0.259 e. The second-order valence-corrected chi connectivity index (χ2v) is 6.78. The number of ether oxygens (including phenoxy) is 2. The molecule has 0 heterocycles. The fourth-order valence-electron chi connectivity index (χ4n) is 2.74. The second-order valence-electron chi connectivity index (χ2n) is 6.78. The molecule has 0 bridgehead atoms. The number of rotatable bonds is 10. The largest absolute Gasteiger partial charge is 0.494 e. The van der Waals surface area contributed by atoms with Crippen LogP contribution in [0.5, 0.6) is 11.5 Å². The van der Waals surface area contributed by atoms with Gasteiger partial charge in [-0.3, -0.25) is 9.59 Å². The van der Waals surface area contributed by atoms with Gasteiger partial charge >= 0.3 is 0 Å². The van der Waals surface area contributed by atoms with Crippen LogP contribution < -0.4 is 20.2 Å². The Hall–Kier alpha value is -4.13. The van der Waals surface area contributed by atoms with E-state index in [0.29, 0.717) is 24.5 Å². The first-order valence-electron chi connectivity index (χ1n) is 10.2. The minimum absolute atomic E-state index is 0.185. The third kappa shape index (κ3) is 7.28. The molecule has 164 valence electrons. The van der Waals surface area contributed by atoms with Gasteiger partial charge in [-0.2, -0.15) is 5.10 Å². The predicted octanol–water partition coefficient (Wildman–Crippen LogP) is 3.54. The molecule has 0 aliphatic rings. The Balaban J connectivity index is 1.39. The van der Waals surface area contributed by atoms with Crippen LogP contribution in [-0.4, -0.2) is 31.2 Å². The van der Waals surface area contributed by atoms with E-state index < -0.39 is 5.91 Å². The van der Waals surface area contributed by atoms with Crippen molar-refractivity contribution in [2.45, 2.75) is 13.5 Å². The van der Waals surface area contributed by atoms with Gasteiger partial charge in [-0.05, 0) is 66.6 Å². The number of hydrogen-bond acceptors (Lipinski definition) is 5. The summed E-state index contributed by atoms with van der Waals surface area (Å²) in [7, 11) is 0. The highest BCUT2D eigenvalue weighted by Gasteiger charge is 2.07. The van der Waals surface area contributed by atoms with Gasteiger partial charge in [0, 0.05) is 5.56 Å². The third-order valence-electron chi connectivity index (χ3n) is 4.37. The molecule has 0 aliphatic heterocycles. The zero-order chi connectivity index (χ0) is 22.6. The molecule has 3 rings (SSSR count). The summed E-state index contributed by atoms with van der Waals surface area (Å²) in [6, 6.07) is 24.0. The summed E-state index contributed by atoms with van der Waals surface area (Å²) in [5.74, 6) is 0.653. The Labute approximate surface area is 187 Å². The lowest BCUT2D eigenvalue weighted by atomic mass is 10.2. The molecule has 0 saturated heterocycles. The fourth-order valence-corrected chi connectivity index (χ4v) is 2.74. The summed E-state index contributed by atoms with van der Waals surface area (Å²) < 4.78 is 11.1. The minimum Gasteiger partial charge on any atom is -0.494 e. The Morgan fingerprint density at radius 1 is 0.875 bits per heavy atom. The van der Waals surface area contributed by atoms with Crippen LogP contribution >= 0.6 is 0 Å². The van der Waals surface area contributed by atoms with Crippen molar-refractivity contribution in [2.75, 3.05) is 13.2 Å². The maximum Gasteiger partial charge on any atom is 0.259 e. The molecule has 0 aliphatic carbocycles. The van der Waals surface area contributed by atoms with E-state index in [1.54, 1.807) is 24.3 Å². The van der Waals surface area contributed by atoms with Crippen molar-refractivity contribution in [3.8, 4) is 11.5 Å². The first-order valence-corrected chi connectivity index (χ1v) is 10.2. The lowest BCUT2D eigenvalue weighted by Gasteiger charge is -2.06. The maximum absolute atomic E-state index is 12.1. The zero-order valence-electron chi connectivity index (χ0n) is 17.8. The van der Waals surface area contributed by atoms with E-state index in [0.717, 1.165) is 16.9 Å². The molecule has 3 aromatic carbocycles. The van der Waals surface area contributed by atoms with E-state index in [2.05, 4.69) is 15.8 Å². The summed E-state index contributed by atoms with van der Waals surface area (Å²) >= 11 is 0. The van der Waals surface area contributed by atoms with Crippen molar-refractivity contribution < 1.29 is 19.1 Å². The molecular formula is C25H25N3O4. The van der Waals surface area contributed by atoms with Crippen LogP contribution in [0.3, 0.4) is 0 Å². The van der Waals surface area contributed by atoms with Gasteiger partial charge in [-0.1, -0.05) is 30.3 Å². The number of carbonyl (C=O) groups is 2. The Morgan fingerprint density at radius 2 is 1.53 bits per heavy atom. The van der Waals surface area contributed by atoms with Crippen LogP contribution in [0.15, 0.2) is 84.0 Å². The van der Waals surface area contributed by atoms with Crippen molar-refractivity contribution in [1.29, 1.82) is 0 Å². The predicted molar refractivity (Wildman–Crippen MR) is 123 cm³/mol. The average Bonchev–Trinajstić information content (AvgIpc) is 2.83. The Bertz CT molecular complexity index is 1030. The van der Waals surface area contributed by atoms with Crippen molar-refractivity contribution in [3.63, 3.8) is 0 Å². The van der Waals surface area contributed by atoms with Crippen LogP contribution in [0.2, 0.25) is 0 Å². The van der Waals surface area contributed by atoms with Gasteiger partial charge in [-0.25, -0.2) is 5.43 Å². The van der Waals surface area contributed by atoms with E-state index in [4.69, 9.17) is 9.47 Å². The highest BCUT2D eigenvalue weighted by molar-refractivity contribution is 5.96. The third-order valence-corrected chi connectivity index (χ3v) is 4.37. The summed E-state index contributed by atoms with van der Waals surface area (Å²) in [6.45, 7) is 2.75. The number of carbonyl (C=O) groups excluding carboxylic acids is 2. The van der Waals surface area contributed by atoms with Crippen LogP contribution in [-0.2, 0) is 11.4 Å². The molecule has 0 unspecified atom stereocenters. The lowest BCUT2D eigenvalue weighted by molar-refractivity contribution is -0.120. The number of nitrogens with one attached hydrogen (secondary N) is 2. The average molecular weight is 431 g/mol. The van der Waals surface area contributed by atoms with Gasteiger partial charge in [-0.15, -0.1) is 0 Å². The van der Waals surface area contributed by atoms with E-state index in [-0.39, 0.29) is 12.5 Å². The SMILES string of the molecule is CCOc1ccc(C(=O)NCC(=O)N/N=C\c2ccc(OCc3ccccc3)cc2)cc1. The van der Waals surface area contributed by atoms with Gasteiger partial charge in [0.05, 0.1) is 19.4 Å². The Kier molecular flexibility index (Phi) is 8.39. The first-order chi connectivity index (χ1) is 15.6. The molecule has 0 fully saturated rings. The summed E-state index contributed by atoms with van der Waals surface area (Å²) in [5, 5.41) is 6.47. The van der Waals surface area contributed by atoms with Crippen LogP contribution in [0, 0.1) is 0 Å². The van der Waals surface area contributed by atoms with Crippen LogP contribution in [0.4, 0.5) is 0 Å². The molecule has 0 atom stereocenters. The molecule has 32 heavy (non-hydrogen) atoms. The van der Waals surface area contributed by atoms with E-state index in [9.17, 15) is 9.59 Å². The molecule has 0 spiro atoms. The summed E-state index contributed by atoms with van der Waals surface area (Å²) in [6.07, 6.45) is 1.52. The van der Waals surface area contributed by atoms with Gasteiger partial charge in [0.2, 0.25) is 0 Å². The molecular weight excluding hydrogens is 406 g/mol. The van der Waals surface area contributed by atoms with Crippen molar-refractivity contribution >= 4 is 18.0 Å². The van der Waals surface area contributed by atoms with Gasteiger partial charge in [0.25, 0.3) is 11.8 Å². The van der Waals surface area contributed by atoms with Crippen molar-refractivity contribution in [1.82, 2.24) is 10.7 Å². The number of hydrazone groups is 1. The number of hydrogen-bond donors (Lipinski definition) is 2. The highest BCUT2D eigenvalue weighted by atomic mass is 16.5. The van der Waals surface area contributed by atoms with E-state index in [1.165, 1.54) is 6.21 Å². The molecule has 0 saturated carbocycles. The zero-order valence-corrected chi connectivity index (χ0v) is 17.8. The number of amides is 2. The van der Waals surface area contributed by atoms with E-state index in [1.807, 2.05) is 61.5 Å². The fraction of sp³-hybridized carbons (Fsp3) is 0.160. The van der Waals surface area contributed by atoms with Gasteiger partial charge in [0.15, 0.2) is 0 Å². The summed E-state index contributed by atoms with van der Waals surface area (Å²) in [4.78, 5) is 24.0. The van der Waals surface area contributed by atoms with Crippen LogP contribution in [0.25, 0.3) is 0 Å². The van der Waals surface area contributed by atoms with Crippen molar-refractivity contribution in [2.24, 2.45) is 5.10 Å². The second kappa shape index (κ2) is 11.9. The quantitative estimate of drug-likeness (QED) is 0.380. The normalized spacial score (nSPS) is 10.5. The molecule has 0 aromatic heterocycles. The van der Waals surface area contributed by atoms with Crippen LogP contribution in [0.1, 0.15) is 28.4 Å². The van der Waals surface area contributed by atoms with Gasteiger partial charge in [0.1, 0.15) is 18.1 Å². The molecule has 3 aromatic rings. The first kappa shape index (κ1) is 22.6. The maximum atomic E-state index is 12.1. The van der Waals surface area contributed by atoms with E-state index >= 15 is 0 Å². The topological polar surface area (TPSA) is 89.0 Å². The highest BCUT2D eigenvalue weighted by Crippen LogP contribution is 2.14. The van der Waals surface area contributed by atoms with Gasteiger partial charge < -0.3 is 14.8 Å². The summed E-state index contributed by atoms with van der Waals surface area (Å²) in [5.41, 5.74) is 4.73. The lowest BCUT2D eigenvalue weighted by Crippen LogP contribution is -2.34. The minimum atomic E-state index is -0.427. The molecule has 0 radical (unpaired) electrons. The standard InChI is InChI=1S/C25H25N3O4/c1-2-31-22-14-10-21(11-15-22)25(30)26-17-24(29)28-27-16-19-8-12-23(13-9-19)32-18-20-6-4-3-5-7-20/h3-16H,2,17-18H2,1H3,(H,26,30)(H,28,29)/b27-16-. The number of nitrogens with zero attached hydrogens (tertiary/aromatic N) is 1. The Morgan fingerprint density at radius 3 is 2.22 bits per heavy atom.